The molecule has 1 saturated heterocycles. The predicted molar refractivity (Wildman–Crippen MR) is 74.2 cm³/mol. The first-order valence-corrected chi connectivity index (χ1v) is 6.79. The van der Waals surface area contributed by atoms with Gasteiger partial charge in [0.1, 0.15) is 0 Å². The van der Waals surface area contributed by atoms with Crippen molar-refractivity contribution in [2.75, 3.05) is 13.1 Å². The Balaban J connectivity index is 1.86. The Morgan fingerprint density at radius 1 is 1.24 bits per heavy atom. The van der Waals surface area contributed by atoms with E-state index in [1.54, 1.807) is 0 Å². The minimum absolute atomic E-state index is 0.766. The summed E-state index contributed by atoms with van der Waals surface area (Å²) in [6.07, 6.45) is 8.65. The highest BCUT2D eigenvalue weighted by atomic mass is 15.2. The van der Waals surface area contributed by atoms with Gasteiger partial charge in [-0.2, -0.15) is 0 Å². The van der Waals surface area contributed by atoms with Crippen LogP contribution in [-0.2, 0) is 6.42 Å². The van der Waals surface area contributed by atoms with E-state index < -0.39 is 0 Å². The van der Waals surface area contributed by atoms with Gasteiger partial charge in [-0.3, -0.25) is 4.90 Å². The van der Waals surface area contributed by atoms with E-state index in [4.69, 9.17) is 0 Å². The summed E-state index contributed by atoms with van der Waals surface area (Å²) >= 11 is 0. The third kappa shape index (κ3) is 3.71. The molecule has 0 spiro atoms. The summed E-state index contributed by atoms with van der Waals surface area (Å²) in [4.78, 5) is 2.60. The van der Waals surface area contributed by atoms with E-state index in [1.807, 2.05) is 6.08 Å². The maximum atomic E-state index is 3.87. The minimum atomic E-state index is 0.766. The molecule has 1 nitrogen and oxygen atoms in total. The molecule has 0 amide bonds. The van der Waals surface area contributed by atoms with E-state index >= 15 is 0 Å². The van der Waals surface area contributed by atoms with Gasteiger partial charge in [-0.15, -0.1) is 6.58 Å². The van der Waals surface area contributed by atoms with Gasteiger partial charge in [-0.05, 0) is 37.8 Å². The van der Waals surface area contributed by atoms with Crippen molar-refractivity contribution in [2.24, 2.45) is 0 Å². The molecule has 0 aliphatic carbocycles. The Morgan fingerprint density at radius 2 is 2.06 bits per heavy atom. The van der Waals surface area contributed by atoms with E-state index in [2.05, 4.69) is 41.8 Å². The summed E-state index contributed by atoms with van der Waals surface area (Å²) in [7, 11) is 0. The van der Waals surface area contributed by atoms with Gasteiger partial charge in [0.25, 0.3) is 0 Å². The van der Waals surface area contributed by atoms with E-state index in [0.717, 1.165) is 12.6 Å². The molecule has 1 heterocycles. The Kier molecular flexibility index (Phi) is 4.81. The molecular weight excluding hydrogens is 206 g/mol. The molecule has 0 bridgehead atoms. The Labute approximate surface area is 105 Å². The lowest BCUT2D eigenvalue weighted by atomic mass is 9.96. The van der Waals surface area contributed by atoms with Gasteiger partial charge in [0, 0.05) is 12.6 Å². The zero-order valence-electron chi connectivity index (χ0n) is 10.6. The molecule has 1 aromatic carbocycles. The highest BCUT2D eigenvalue weighted by Gasteiger charge is 2.20. The third-order valence-corrected chi connectivity index (χ3v) is 3.72. The molecule has 0 N–H and O–H groups in total. The second-order valence-electron chi connectivity index (χ2n) is 4.96. The number of nitrogens with zero attached hydrogens (tertiary/aromatic N) is 1. The Morgan fingerprint density at radius 3 is 2.82 bits per heavy atom. The lowest BCUT2D eigenvalue weighted by Gasteiger charge is -2.35. The van der Waals surface area contributed by atoms with Crippen LogP contribution in [0.2, 0.25) is 0 Å². The third-order valence-electron chi connectivity index (χ3n) is 3.72. The average Bonchev–Trinajstić information content (AvgIpc) is 2.39. The standard InChI is InChI=1S/C16H23N/c1-2-13-17-14-7-6-10-16(17)12-11-15-8-4-3-5-9-15/h2-5,8-9,16H,1,6-7,10-14H2. The highest BCUT2D eigenvalue weighted by molar-refractivity contribution is 5.14. The number of aryl methyl sites for hydroxylation is 1. The Hall–Kier alpha value is -1.08. The fourth-order valence-corrected chi connectivity index (χ4v) is 2.77. The molecule has 1 fully saturated rings. The molecule has 0 radical (unpaired) electrons. The minimum Gasteiger partial charge on any atom is -0.297 e. The molecule has 0 saturated carbocycles. The van der Waals surface area contributed by atoms with Crippen LogP contribution in [0.15, 0.2) is 43.0 Å². The van der Waals surface area contributed by atoms with Gasteiger partial charge < -0.3 is 0 Å². The van der Waals surface area contributed by atoms with Crippen molar-refractivity contribution in [3.05, 3.63) is 48.6 Å². The van der Waals surface area contributed by atoms with E-state index in [0.29, 0.717) is 0 Å². The lowest BCUT2D eigenvalue weighted by molar-refractivity contribution is 0.157. The summed E-state index contributed by atoms with van der Waals surface area (Å²) in [5.41, 5.74) is 1.47. The number of rotatable bonds is 5. The molecule has 1 atom stereocenters. The van der Waals surface area contributed by atoms with E-state index in [9.17, 15) is 0 Å². The molecule has 0 aromatic heterocycles. The van der Waals surface area contributed by atoms with Gasteiger partial charge in [-0.25, -0.2) is 0 Å². The number of hydrogen-bond donors (Lipinski definition) is 0. The molecule has 17 heavy (non-hydrogen) atoms. The fourth-order valence-electron chi connectivity index (χ4n) is 2.77. The second kappa shape index (κ2) is 6.61. The normalized spacial score (nSPS) is 21.3. The van der Waals surface area contributed by atoms with Crippen LogP contribution >= 0.6 is 0 Å². The zero-order valence-corrected chi connectivity index (χ0v) is 10.6. The first-order valence-electron chi connectivity index (χ1n) is 6.79. The molecule has 1 aliphatic heterocycles. The molecule has 1 aliphatic rings. The van der Waals surface area contributed by atoms with Crippen molar-refractivity contribution < 1.29 is 0 Å². The summed E-state index contributed by atoms with van der Waals surface area (Å²) < 4.78 is 0. The van der Waals surface area contributed by atoms with Gasteiger partial charge in [0.05, 0.1) is 0 Å². The zero-order chi connectivity index (χ0) is 11.9. The van der Waals surface area contributed by atoms with Crippen LogP contribution in [0.4, 0.5) is 0 Å². The fraction of sp³-hybridized carbons (Fsp3) is 0.500. The van der Waals surface area contributed by atoms with E-state index in [-0.39, 0.29) is 0 Å². The second-order valence-corrected chi connectivity index (χ2v) is 4.96. The number of hydrogen-bond acceptors (Lipinski definition) is 1. The topological polar surface area (TPSA) is 3.24 Å². The molecule has 1 aromatic rings. The lowest BCUT2D eigenvalue weighted by Crippen LogP contribution is -2.39. The molecule has 2 rings (SSSR count). The van der Waals surface area contributed by atoms with Crippen molar-refractivity contribution >= 4 is 0 Å². The van der Waals surface area contributed by atoms with Gasteiger partial charge in [0.15, 0.2) is 0 Å². The number of benzene rings is 1. The van der Waals surface area contributed by atoms with Gasteiger partial charge >= 0.3 is 0 Å². The van der Waals surface area contributed by atoms with E-state index in [1.165, 1.54) is 44.2 Å². The van der Waals surface area contributed by atoms with Gasteiger partial charge in [-0.1, -0.05) is 42.8 Å². The summed E-state index contributed by atoms with van der Waals surface area (Å²) in [5, 5.41) is 0. The summed E-state index contributed by atoms with van der Waals surface area (Å²) in [6, 6.07) is 11.6. The first-order chi connectivity index (χ1) is 8.40. The van der Waals surface area contributed by atoms with Crippen LogP contribution in [0.3, 0.4) is 0 Å². The van der Waals surface area contributed by atoms with Crippen LogP contribution < -0.4 is 0 Å². The molecule has 92 valence electrons. The average molecular weight is 229 g/mol. The van der Waals surface area contributed by atoms with Crippen LogP contribution in [0, 0.1) is 0 Å². The van der Waals surface area contributed by atoms with Crippen LogP contribution in [0.5, 0.6) is 0 Å². The maximum absolute atomic E-state index is 3.87. The van der Waals surface area contributed by atoms with Crippen LogP contribution in [-0.4, -0.2) is 24.0 Å². The maximum Gasteiger partial charge on any atom is 0.0163 e. The summed E-state index contributed by atoms with van der Waals surface area (Å²) in [5.74, 6) is 0. The molecule has 1 heteroatoms. The SMILES string of the molecule is C=CCN1CCCCC1CCc1ccccc1. The van der Waals surface area contributed by atoms with Crippen LogP contribution in [0.1, 0.15) is 31.2 Å². The van der Waals surface area contributed by atoms with Crippen molar-refractivity contribution in [3.8, 4) is 0 Å². The largest absolute Gasteiger partial charge is 0.297 e. The van der Waals surface area contributed by atoms with Crippen molar-refractivity contribution in [1.82, 2.24) is 4.90 Å². The van der Waals surface area contributed by atoms with Crippen molar-refractivity contribution in [3.63, 3.8) is 0 Å². The smallest absolute Gasteiger partial charge is 0.0163 e. The summed E-state index contributed by atoms with van der Waals surface area (Å²) in [6.45, 7) is 6.18. The molecule has 1 unspecified atom stereocenters. The number of piperidine rings is 1. The van der Waals surface area contributed by atoms with Crippen molar-refractivity contribution in [1.29, 1.82) is 0 Å². The quantitative estimate of drug-likeness (QED) is 0.696. The highest BCUT2D eigenvalue weighted by Crippen LogP contribution is 2.21. The molecular formula is C16H23N. The van der Waals surface area contributed by atoms with Crippen LogP contribution in [0.25, 0.3) is 0 Å². The predicted octanol–water partition coefficient (Wildman–Crippen LogP) is 3.66. The van der Waals surface area contributed by atoms with Crippen molar-refractivity contribution in [2.45, 2.75) is 38.1 Å². The number of likely N-dealkylation sites (tertiary alicyclic amines) is 1. The van der Waals surface area contributed by atoms with Gasteiger partial charge in [0.2, 0.25) is 0 Å². The first kappa shape index (κ1) is 12.4. The Bertz CT molecular complexity index is 331. The monoisotopic (exact) mass is 229 g/mol.